The van der Waals surface area contributed by atoms with Gasteiger partial charge < -0.3 is 15.4 Å². The summed E-state index contributed by atoms with van der Waals surface area (Å²) in [7, 11) is 0. The third-order valence-corrected chi connectivity index (χ3v) is 3.17. The molecule has 0 aliphatic carbocycles. The first-order valence-electron chi connectivity index (χ1n) is 6.54. The van der Waals surface area contributed by atoms with E-state index in [9.17, 15) is 9.18 Å². The molecular weight excluding hydrogens is 247 g/mol. The van der Waals surface area contributed by atoms with Gasteiger partial charge in [0.1, 0.15) is 11.6 Å². The molecule has 4 nitrogen and oxygen atoms in total. The van der Waals surface area contributed by atoms with Gasteiger partial charge in [0.2, 0.25) is 0 Å². The molecule has 2 rings (SSSR count). The van der Waals surface area contributed by atoms with Gasteiger partial charge in [-0.15, -0.1) is 0 Å². The van der Waals surface area contributed by atoms with Crippen LogP contribution in [0.5, 0.6) is 5.75 Å². The number of hydrogen-bond acceptors (Lipinski definition) is 3. The number of halogens is 1. The second kappa shape index (κ2) is 6.52. The van der Waals surface area contributed by atoms with Gasteiger partial charge >= 0.3 is 0 Å². The number of carbonyl (C=O) groups is 1. The molecule has 19 heavy (non-hydrogen) atoms. The number of rotatable bonds is 4. The smallest absolute Gasteiger partial charge is 0.258 e. The van der Waals surface area contributed by atoms with Gasteiger partial charge in [-0.25, -0.2) is 4.39 Å². The SMILES string of the molecule is CC1CC(NC(=O)COc2ccc(F)cc2)CCN1. The zero-order valence-electron chi connectivity index (χ0n) is 11.0. The molecule has 0 saturated carbocycles. The van der Waals surface area contributed by atoms with Crippen molar-refractivity contribution in [1.29, 1.82) is 0 Å². The molecule has 1 aliphatic heterocycles. The minimum atomic E-state index is -0.319. The summed E-state index contributed by atoms with van der Waals surface area (Å²) in [5, 5.41) is 6.28. The first-order valence-corrected chi connectivity index (χ1v) is 6.54. The molecule has 2 atom stereocenters. The van der Waals surface area contributed by atoms with Crippen molar-refractivity contribution >= 4 is 5.91 Å². The van der Waals surface area contributed by atoms with Gasteiger partial charge in [-0.3, -0.25) is 4.79 Å². The van der Waals surface area contributed by atoms with E-state index in [2.05, 4.69) is 17.6 Å². The molecule has 5 heteroatoms. The van der Waals surface area contributed by atoms with Crippen LogP contribution in [0.1, 0.15) is 19.8 Å². The van der Waals surface area contributed by atoms with Gasteiger partial charge in [0.25, 0.3) is 5.91 Å². The maximum atomic E-state index is 12.7. The van der Waals surface area contributed by atoms with E-state index in [1.165, 1.54) is 24.3 Å². The topological polar surface area (TPSA) is 50.4 Å². The van der Waals surface area contributed by atoms with E-state index in [0.717, 1.165) is 19.4 Å². The summed E-state index contributed by atoms with van der Waals surface area (Å²) in [6.45, 7) is 2.99. The van der Waals surface area contributed by atoms with Crippen LogP contribution in [0.2, 0.25) is 0 Å². The van der Waals surface area contributed by atoms with E-state index in [0.29, 0.717) is 11.8 Å². The number of carbonyl (C=O) groups excluding carboxylic acids is 1. The molecule has 0 spiro atoms. The lowest BCUT2D eigenvalue weighted by molar-refractivity contribution is -0.124. The lowest BCUT2D eigenvalue weighted by Gasteiger charge is -2.28. The number of amides is 1. The minimum Gasteiger partial charge on any atom is -0.484 e. The number of benzene rings is 1. The summed E-state index contributed by atoms with van der Waals surface area (Å²) in [5.41, 5.74) is 0. The highest BCUT2D eigenvalue weighted by Gasteiger charge is 2.19. The minimum absolute atomic E-state index is 0.0378. The zero-order valence-corrected chi connectivity index (χ0v) is 11.0. The first kappa shape index (κ1) is 13.8. The van der Waals surface area contributed by atoms with Gasteiger partial charge in [-0.2, -0.15) is 0 Å². The summed E-state index contributed by atoms with van der Waals surface area (Å²) in [4.78, 5) is 11.7. The second-order valence-corrected chi connectivity index (χ2v) is 4.89. The Labute approximate surface area is 112 Å². The van der Waals surface area contributed by atoms with Crippen molar-refractivity contribution in [3.05, 3.63) is 30.1 Å². The monoisotopic (exact) mass is 266 g/mol. The van der Waals surface area contributed by atoms with Crippen molar-refractivity contribution in [2.75, 3.05) is 13.2 Å². The van der Waals surface area contributed by atoms with Crippen molar-refractivity contribution in [3.63, 3.8) is 0 Å². The fourth-order valence-electron chi connectivity index (χ4n) is 2.21. The number of nitrogens with one attached hydrogen (secondary N) is 2. The largest absolute Gasteiger partial charge is 0.484 e. The third-order valence-electron chi connectivity index (χ3n) is 3.17. The fraction of sp³-hybridized carbons (Fsp3) is 0.500. The van der Waals surface area contributed by atoms with E-state index in [1.54, 1.807) is 0 Å². The first-order chi connectivity index (χ1) is 9.13. The van der Waals surface area contributed by atoms with Gasteiger partial charge in [0, 0.05) is 12.1 Å². The summed E-state index contributed by atoms with van der Waals surface area (Å²) in [6, 6.07) is 6.27. The van der Waals surface area contributed by atoms with Gasteiger partial charge in [-0.05, 0) is 50.6 Å². The Balaban J connectivity index is 1.73. The predicted molar refractivity (Wildman–Crippen MR) is 70.5 cm³/mol. The lowest BCUT2D eigenvalue weighted by atomic mass is 10.0. The normalized spacial score (nSPS) is 22.8. The van der Waals surface area contributed by atoms with Crippen LogP contribution in [0.4, 0.5) is 4.39 Å². The predicted octanol–water partition coefficient (Wildman–Crippen LogP) is 1.46. The highest BCUT2D eigenvalue weighted by molar-refractivity contribution is 5.77. The van der Waals surface area contributed by atoms with Crippen LogP contribution in [0, 0.1) is 5.82 Å². The van der Waals surface area contributed by atoms with Crippen molar-refractivity contribution in [2.24, 2.45) is 0 Å². The van der Waals surface area contributed by atoms with E-state index in [1.807, 2.05) is 0 Å². The molecule has 0 aromatic heterocycles. The number of ether oxygens (including phenoxy) is 1. The summed E-state index contributed by atoms with van der Waals surface area (Å²) in [6.07, 6.45) is 1.87. The molecule has 1 fully saturated rings. The van der Waals surface area contributed by atoms with Crippen LogP contribution in [-0.4, -0.2) is 31.1 Å². The Bertz CT molecular complexity index is 422. The average molecular weight is 266 g/mol. The Morgan fingerprint density at radius 1 is 1.47 bits per heavy atom. The highest BCUT2D eigenvalue weighted by Crippen LogP contribution is 2.11. The summed E-state index contributed by atoms with van der Waals surface area (Å²) < 4.78 is 18.0. The Kier molecular flexibility index (Phi) is 4.74. The van der Waals surface area contributed by atoms with Crippen LogP contribution in [-0.2, 0) is 4.79 Å². The zero-order chi connectivity index (χ0) is 13.7. The molecule has 2 unspecified atom stereocenters. The third kappa shape index (κ3) is 4.52. The standard InChI is InChI=1S/C14H19FN2O2/c1-10-8-12(6-7-16-10)17-14(18)9-19-13-4-2-11(15)3-5-13/h2-5,10,12,16H,6-9H2,1H3,(H,17,18). The Morgan fingerprint density at radius 2 is 2.21 bits per heavy atom. The van der Waals surface area contributed by atoms with Crippen molar-refractivity contribution in [2.45, 2.75) is 31.8 Å². The van der Waals surface area contributed by atoms with Crippen LogP contribution in [0.15, 0.2) is 24.3 Å². The molecular formula is C14H19FN2O2. The van der Waals surface area contributed by atoms with E-state index in [4.69, 9.17) is 4.74 Å². The van der Waals surface area contributed by atoms with Gasteiger partial charge in [0.15, 0.2) is 6.61 Å². The quantitative estimate of drug-likeness (QED) is 0.867. The molecule has 0 bridgehead atoms. The Morgan fingerprint density at radius 3 is 2.89 bits per heavy atom. The van der Waals surface area contributed by atoms with Crippen LogP contribution < -0.4 is 15.4 Å². The summed E-state index contributed by atoms with van der Waals surface area (Å²) in [5.74, 6) is 0.0409. The average Bonchev–Trinajstić information content (AvgIpc) is 2.38. The number of hydrogen-bond donors (Lipinski definition) is 2. The van der Waals surface area contributed by atoms with Crippen LogP contribution >= 0.6 is 0 Å². The van der Waals surface area contributed by atoms with E-state index in [-0.39, 0.29) is 24.4 Å². The van der Waals surface area contributed by atoms with Crippen LogP contribution in [0.25, 0.3) is 0 Å². The fourth-order valence-corrected chi connectivity index (χ4v) is 2.21. The molecule has 1 saturated heterocycles. The van der Waals surface area contributed by atoms with Gasteiger partial charge in [0.05, 0.1) is 0 Å². The number of piperidine rings is 1. The second-order valence-electron chi connectivity index (χ2n) is 4.89. The molecule has 104 valence electrons. The molecule has 0 radical (unpaired) electrons. The van der Waals surface area contributed by atoms with Crippen molar-refractivity contribution < 1.29 is 13.9 Å². The lowest BCUT2D eigenvalue weighted by Crippen LogP contribution is -2.47. The molecule has 2 N–H and O–H groups in total. The molecule has 1 heterocycles. The molecule has 1 aliphatic rings. The molecule has 1 aromatic carbocycles. The maximum absolute atomic E-state index is 12.7. The maximum Gasteiger partial charge on any atom is 0.258 e. The molecule has 1 aromatic rings. The van der Waals surface area contributed by atoms with E-state index < -0.39 is 0 Å². The Hall–Kier alpha value is -1.62. The highest BCUT2D eigenvalue weighted by atomic mass is 19.1. The van der Waals surface area contributed by atoms with E-state index >= 15 is 0 Å². The van der Waals surface area contributed by atoms with Crippen LogP contribution in [0.3, 0.4) is 0 Å². The van der Waals surface area contributed by atoms with Gasteiger partial charge in [-0.1, -0.05) is 0 Å². The summed E-state index contributed by atoms with van der Waals surface area (Å²) >= 11 is 0. The van der Waals surface area contributed by atoms with Crippen molar-refractivity contribution in [3.8, 4) is 5.75 Å². The van der Waals surface area contributed by atoms with Crippen molar-refractivity contribution in [1.82, 2.24) is 10.6 Å². The molecule has 1 amide bonds.